The lowest BCUT2D eigenvalue weighted by molar-refractivity contribution is 0.361. The molecule has 0 spiro atoms. The van der Waals surface area contributed by atoms with Crippen LogP contribution in [0.3, 0.4) is 0 Å². The van der Waals surface area contributed by atoms with E-state index in [1.165, 1.54) is 0 Å². The third-order valence-electron chi connectivity index (χ3n) is 9.63. The normalized spacial score (nSPS) is 11.5. The lowest BCUT2D eigenvalue weighted by atomic mass is 9.95. The molecule has 264 valence electrons. The van der Waals surface area contributed by atoms with Crippen LogP contribution in [0.25, 0.3) is 79.2 Å². The van der Waals surface area contributed by atoms with E-state index < -0.39 is 0 Å². The van der Waals surface area contributed by atoms with E-state index in [4.69, 9.17) is 34.4 Å². The summed E-state index contributed by atoms with van der Waals surface area (Å²) in [5.41, 5.74) is 8.61. The Morgan fingerprint density at radius 1 is 0.268 bits per heavy atom. The van der Waals surface area contributed by atoms with Gasteiger partial charge in [-0.15, -0.1) is 0 Å². The van der Waals surface area contributed by atoms with E-state index in [1.807, 2.05) is 152 Å². The van der Waals surface area contributed by atoms with Gasteiger partial charge < -0.3 is 9.47 Å². The standard InChI is InChI=1S/C49H31N5O2/c1-5-16-32(17-6-1)40-31-41(33-18-7-2-8-19-33)51-48(50-40)36-28-29-37(38-24-15-27-44-45(38)56-43-26-14-13-25-42(43)55-44)39(30-36)49-53-46(34-20-9-3-10-21-34)52-47(54-49)35-22-11-4-12-23-35/h1-31H. The first-order valence-corrected chi connectivity index (χ1v) is 18.3. The van der Waals surface area contributed by atoms with Gasteiger partial charge in [-0.1, -0.05) is 158 Å². The van der Waals surface area contributed by atoms with E-state index in [0.717, 1.165) is 55.9 Å². The van der Waals surface area contributed by atoms with Gasteiger partial charge in [0.1, 0.15) is 0 Å². The summed E-state index contributed by atoms with van der Waals surface area (Å²) >= 11 is 0. The van der Waals surface area contributed by atoms with Gasteiger partial charge in [0.15, 0.2) is 46.3 Å². The van der Waals surface area contributed by atoms with Gasteiger partial charge in [0, 0.05) is 38.9 Å². The van der Waals surface area contributed by atoms with Crippen molar-refractivity contribution in [3.8, 4) is 102 Å². The fraction of sp³-hybridized carbons (Fsp3) is 0. The first kappa shape index (κ1) is 32.8. The van der Waals surface area contributed by atoms with Crippen molar-refractivity contribution in [2.45, 2.75) is 0 Å². The van der Waals surface area contributed by atoms with E-state index >= 15 is 0 Å². The maximum Gasteiger partial charge on any atom is 0.177 e. The minimum Gasteiger partial charge on any atom is -0.449 e. The van der Waals surface area contributed by atoms with Crippen molar-refractivity contribution in [3.05, 3.63) is 188 Å². The molecule has 10 rings (SSSR count). The summed E-state index contributed by atoms with van der Waals surface area (Å²) in [5, 5.41) is 0. The van der Waals surface area contributed by atoms with Crippen LogP contribution in [0.4, 0.5) is 0 Å². The summed E-state index contributed by atoms with van der Waals surface area (Å²) in [4.78, 5) is 25.6. The number of hydrogen-bond acceptors (Lipinski definition) is 7. The minimum atomic E-state index is 0.492. The second kappa shape index (κ2) is 14.2. The zero-order chi connectivity index (χ0) is 37.3. The Hall–Kier alpha value is -7.77. The number of fused-ring (bicyclic) bond motifs is 2. The van der Waals surface area contributed by atoms with Gasteiger partial charge in [-0.05, 0) is 35.9 Å². The van der Waals surface area contributed by atoms with Crippen LogP contribution in [0.2, 0.25) is 0 Å². The molecule has 7 nitrogen and oxygen atoms in total. The first-order chi connectivity index (χ1) is 27.7. The number of rotatable bonds is 7. The summed E-state index contributed by atoms with van der Waals surface area (Å²) < 4.78 is 12.9. The Labute approximate surface area is 323 Å². The van der Waals surface area contributed by atoms with E-state index in [1.54, 1.807) is 0 Å². The van der Waals surface area contributed by atoms with Crippen LogP contribution in [0.5, 0.6) is 23.0 Å². The molecule has 7 heteroatoms. The van der Waals surface area contributed by atoms with Crippen molar-refractivity contribution >= 4 is 0 Å². The van der Waals surface area contributed by atoms with Crippen LogP contribution >= 0.6 is 0 Å². The van der Waals surface area contributed by atoms with Crippen molar-refractivity contribution in [2.75, 3.05) is 0 Å². The second-order valence-electron chi connectivity index (χ2n) is 13.3. The molecule has 1 aliphatic rings. The zero-order valence-electron chi connectivity index (χ0n) is 30.0. The SMILES string of the molecule is c1ccc(-c2cc(-c3ccccc3)nc(-c3ccc(-c4cccc5c4Oc4ccccc4O5)c(-c4nc(-c5ccccc5)nc(-c5ccccc5)n4)c3)n2)cc1. The fourth-order valence-electron chi connectivity index (χ4n) is 6.88. The van der Waals surface area contributed by atoms with Crippen molar-refractivity contribution in [3.63, 3.8) is 0 Å². The Kier molecular flexibility index (Phi) is 8.35. The van der Waals surface area contributed by atoms with Gasteiger partial charge in [0.2, 0.25) is 0 Å². The highest BCUT2D eigenvalue weighted by Crippen LogP contribution is 2.51. The molecule has 0 bridgehead atoms. The van der Waals surface area contributed by atoms with Gasteiger partial charge in [0.05, 0.1) is 11.4 Å². The Balaban J connectivity index is 1.22. The molecular weight excluding hydrogens is 691 g/mol. The summed E-state index contributed by atoms with van der Waals surface area (Å²) in [6.45, 7) is 0. The van der Waals surface area contributed by atoms with Crippen molar-refractivity contribution in [2.24, 2.45) is 0 Å². The Morgan fingerprint density at radius 2 is 0.732 bits per heavy atom. The van der Waals surface area contributed by atoms with E-state index in [2.05, 4.69) is 36.4 Å². The van der Waals surface area contributed by atoms with Gasteiger partial charge in [-0.3, -0.25) is 0 Å². The van der Waals surface area contributed by atoms with Crippen LogP contribution in [0.15, 0.2) is 188 Å². The monoisotopic (exact) mass is 721 g/mol. The number of nitrogens with zero attached hydrogens (tertiary/aromatic N) is 5. The highest BCUT2D eigenvalue weighted by atomic mass is 16.6. The lowest BCUT2D eigenvalue weighted by Crippen LogP contribution is -2.03. The average Bonchev–Trinajstić information content (AvgIpc) is 3.29. The number of para-hydroxylation sites is 3. The molecule has 0 N–H and O–H groups in total. The molecule has 1 aliphatic heterocycles. The largest absolute Gasteiger partial charge is 0.449 e. The first-order valence-electron chi connectivity index (χ1n) is 18.3. The highest BCUT2D eigenvalue weighted by molar-refractivity contribution is 5.89. The maximum atomic E-state index is 6.58. The number of ether oxygens (including phenoxy) is 2. The van der Waals surface area contributed by atoms with Crippen LogP contribution < -0.4 is 9.47 Å². The molecule has 0 amide bonds. The molecule has 3 heterocycles. The molecule has 0 saturated carbocycles. The Bertz CT molecular complexity index is 2740. The second-order valence-corrected chi connectivity index (χ2v) is 13.3. The molecule has 56 heavy (non-hydrogen) atoms. The van der Waals surface area contributed by atoms with Gasteiger partial charge in [-0.25, -0.2) is 24.9 Å². The quantitative estimate of drug-likeness (QED) is 0.162. The molecule has 0 atom stereocenters. The smallest absolute Gasteiger partial charge is 0.177 e. The van der Waals surface area contributed by atoms with Crippen LogP contribution in [0, 0.1) is 0 Å². The predicted octanol–water partition coefficient (Wildman–Crippen LogP) is 12.2. The summed E-state index contributed by atoms with van der Waals surface area (Å²) in [6.07, 6.45) is 0. The maximum absolute atomic E-state index is 6.58. The molecule has 0 unspecified atom stereocenters. The molecule has 0 aliphatic carbocycles. The van der Waals surface area contributed by atoms with Crippen LogP contribution in [-0.4, -0.2) is 24.9 Å². The minimum absolute atomic E-state index is 0.492. The van der Waals surface area contributed by atoms with Crippen LogP contribution in [0.1, 0.15) is 0 Å². The number of hydrogen-bond donors (Lipinski definition) is 0. The molecule has 2 aromatic heterocycles. The summed E-state index contributed by atoms with van der Waals surface area (Å²) in [7, 11) is 0. The van der Waals surface area contributed by atoms with Gasteiger partial charge >= 0.3 is 0 Å². The summed E-state index contributed by atoms with van der Waals surface area (Å²) in [6, 6.07) is 62.1. The van der Waals surface area contributed by atoms with Gasteiger partial charge in [0.25, 0.3) is 0 Å². The van der Waals surface area contributed by atoms with Crippen molar-refractivity contribution in [1.82, 2.24) is 24.9 Å². The Morgan fingerprint density at radius 3 is 1.30 bits per heavy atom. The highest BCUT2D eigenvalue weighted by Gasteiger charge is 2.25. The zero-order valence-corrected chi connectivity index (χ0v) is 30.0. The topological polar surface area (TPSA) is 82.9 Å². The van der Waals surface area contributed by atoms with Gasteiger partial charge in [-0.2, -0.15) is 0 Å². The molecule has 7 aromatic carbocycles. The van der Waals surface area contributed by atoms with Crippen LogP contribution in [-0.2, 0) is 0 Å². The predicted molar refractivity (Wildman–Crippen MR) is 220 cm³/mol. The number of aromatic nitrogens is 5. The fourth-order valence-corrected chi connectivity index (χ4v) is 6.88. The molecule has 9 aromatic rings. The molecule has 0 radical (unpaired) electrons. The lowest BCUT2D eigenvalue weighted by Gasteiger charge is -2.23. The van der Waals surface area contributed by atoms with E-state index in [0.29, 0.717) is 46.3 Å². The van der Waals surface area contributed by atoms with E-state index in [9.17, 15) is 0 Å². The third-order valence-corrected chi connectivity index (χ3v) is 9.63. The molecule has 0 saturated heterocycles. The number of benzene rings is 7. The van der Waals surface area contributed by atoms with E-state index in [-0.39, 0.29) is 0 Å². The summed E-state index contributed by atoms with van der Waals surface area (Å²) in [5.74, 6) is 4.71. The van der Waals surface area contributed by atoms with Crippen molar-refractivity contribution < 1.29 is 9.47 Å². The molecular formula is C49H31N5O2. The molecule has 0 fully saturated rings. The third kappa shape index (κ3) is 6.33. The van der Waals surface area contributed by atoms with Crippen molar-refractivity contribution in [1.29, 1.82) is 0 Å². The average molecular weight is 722 g/mol.